The summed E-state index contributed by atoms with van der Waals surface area (Å²) in [7, 11) is 0. The van der Waals surface area contributed by atoms with Crippen molar-refractivity contribution in [1.29, 1.82) is 0 Å². The molecular formula is C18H13N5. The number of pyridine rings is 1. The Bertz CT molecular complexity index is 997. The second-order valence-corrected chi connectivity index (χ2v) is 5.59. The Morgan fingerprint density at radius 3 is 2.70 bits per heavy atom. The van der Waals surface area contributed by atoms with Crippen LogP contribution in [-0.2, 0) is 6.54 Å². The first kappa shape index (κ1) is 12.3. The summed E-state index contributed by atoms with van der Waals surface area (Å²) in [6.07, 6.45) is 5.53. The highest BCUT2D eigenvalue weighted by atomic mass is 15.4. The molecule has 0 saturated carbocycles. The van der Waals surface area contributed by atoms with Gasteiger partial charge in [0.25, 0.3) is 0 Å². The number of aromatic nitrogens is 5. The summed E-state index contributed by atoms with van der Waals surface area (Å²) in [5, 5.41) is 8.36. The first-order valence-electron chi connectivity index (χ1n) is 7.51. The van der Waals surface area contributed by atoms with Crippen LogP contribution in [0.3, 0.4) is 0 Å². The van der Waals surface area contributed by atoms with Gasteiger partial charge < -0.3 is 4.57 Å². The smallest absolute Gasteiger partial charge is 0.0843 e. The van der Waals surface area contributed by atoms with Gasteiger partial charge in [-0.3, -0.25) is 4.98 Å². The van der Waals surface area contributed by atoms with Crippen molar-refractivity contribution in [3.8, 4) is 28.2 Å². The summed E-state index contributed by atoms with van der Waals surface area (Å²) in [5.74, 6) is 0. The quantitative estimate of drug-likeness (QED) is 0.478. The zero-order valence-corrected chi connectivity index (χ0v) is 12.3. The van der Waals surface area contributed by atoms with Crippen molar-refractivity contribution in [2.75, 3.05) is 0 Å². The van der Waals surface area contributed by atoms with Gasteiger partial charge in [0.15, 0.2) is 0 Å². The summed E-state index contributed by atoms with van der Waals surface area (Å²) in [5.41, 5.74) is 6.73. The number of para-hydroxylation sites is 1. The third kappa shape index (κ3) is 1.76. The van der Waals surface area contributed by atoms with Crippen LogP contribution in [0.2, 0.25) is 0 Å². The molecule has 0 fully saturated rings. The highest BCUT2D eigenvalue weighted by Gasteiger charge is 2.21. The lowest BCUT2D eigenvalue weighted by atomic mass is 10.1. The second-order valence-electron chi connectivity index (χ2n) is 5.59. The van der Waals surface area contributed by atoms with Gasteiger partial charge in [-0.2, -0.15) is 0 Å². The fraction of sp³-hybridized carbons (Fsp3) is 0.0556. The summed E-state index contributed by atoms with van der Waals surface area (Å²) < 4.78 is 4.23. The van der Waals surface area contributed by atoms with Crippen LogP contribution in [0.4, 0.5) is 0 Å². The Hall–Kier alpha value is -3.21. The summed E-state index contributed by atoms with van der Waals surface area (Å²) in [6, 6.07) is 16.7. The normalized spacial score (nSPS) is 12.2. The number of hydrogen-bond acceptors (Lipinski definition) is 3. The molecule has 4 heterocycles. The molecule has 5 rings (SSSR count). The van der Waals surface area contributed by atoms with Gasteiger partial charge in [0.1, 0.15) is 0 Å². The zero-order chi connectivity index (χ0) is 15.2. The molecule has 4 aromatic rings. The van der Waals surface area contributed by atoms with Gasteiger partial charge in [-0.15, -0.1) is 5.10 Å². The molecule has 3 aromatic heterocycles. The van der Waals surface area contributed by atoms with Crippen molar-refractivity contribution in [2.24, 2.45) is 0 Å². The van der Waals surface area contributed by atoms with E-state index in [4.69, 9.17) is 0 Å². The number of fused-ring (bicyclic) bond motifs is 5. The highest BCUT2D eigenvalue weighted by molar-refractivity contribution is 5.76. The predicted octanol–water partition coefficient (Wildman–Crippen LogP) is 3.16. The predicted molar refractivity (Wildman–Crippen MR) is 87.1 cm³/mol. The molecule has 0 bridgehead atoms. The topological polar surface area (TPSA) is 48.5 Å². The minimum Gasteiger partial charge on any atom is -0.334 e. The molecule has 1 aliphatic heterocycles. The molecule has 0 spiro atoms. The van der Waals surface area contributed by atoms with Gasteiger partial charge in [0.05, 0.1) is 35.5 Å². The average Bonchev–Trinajstić information content (AvgIpc) is 3.21. The molecule has 110 valence electrons. The maximum atomic E-state index is 4.26. The first-order chi connectivity index (χ1) is 11.4. The lowest BCUT2D eigenvalue weighted by molar-refractivity contribution is 0.731. The molecule has 23 heavy (non-hydrogen) atoms. The third-order valence-corrected chi connectivity index (χ3v) is 4.29. The maximum Gasteiger partial charge on any atom is 0.0843 e. The minimum atomic E-state index is 0.730. The monoisotopic (exact) mass is 299 g/mol. The molecule has 5 heteroatoms. The van der Waals surface area contributed by atoms with E-state index in [1.165, 1.54) is 5.69 Å². The van der Waals surface area contributed by atoms with Crippen LogP contribution in [0, 0.1) is 0 Å². The Morgan fingerprint density at radius 2 is 1.78 bits per heavy atom. The lowest BCUT2D eigenvalue weighted by Crippen LogP contribution is -2.05. The van der Waals surface area contributed by atoms with Gasteiger partial charge in [-0.25, -0.2) is 4.68 Å². The first-order valence-corrected chi connectivity index (χ1v) is 7.51. The number of hydrogen-bond donors (Lipinski definition) is 0. The molecular weight excluding hydrogens is 286 g/mol. The average molecular weight is 299 g/mol. The summed E-state index contributed by atoms with van der Waals surface area (Å²) in [4.78, 5) is 4.25. The number of rotatable bonds is 1. The Kier molecular flexibility index (Phi) is 2.49. The van der Waals surface area contributed by atoms with Crippen LogP contribution in [0.25, 0.3) is 28.2 Å². The van der Waals surface area contributed by atoms with E-state index in [1.807, 2.05) is 29.2 Å². The van der Waals surface area contributed by atoms with E-state index in [0.29, 0.717) is 0 Å². The van der Waals surface area contributed by atoms with Crippen LogP contribution in [-0.4, -0.2) is 24.5 Å². The van der Waals surface area contributed by atoms with E-state index >= 15 is 0 Å². The van der Waals surface area contributed by atoms with Gasteiger partial charge in [-0.05, 0) is 30.3 Å². The van der Waals surface area contributed by atoms with Crippen molar-refractivity contribution in [3.63, 3.8) is 0 Å². The Labute approximate surface area is 132 Å². The number of nitrogens with zero attached hydrogens (tertiary/aromatic N) is 5. The van der Waals surface area contributed by atoms with E-state index in [9.17, 15) is 0 Å². The molecule has 0 saturated heterocycles. The van der Waals surface area contributed by atoms with Crippen LogP contribution in [0.5, 0.6) is 0 Å². The second kappa shape index (κ2) is 4.64. The molecule has 5 nitrogen and oxygen atoms in total. The van der Waals surface area contributed by atoms with Crippen LogP contribution in [0.1, 0.15) is 5.69 Å². The minimum absolute atomic E-state index is 0.730. The molecule has 0 N–H and O–H groups in total. The molecule has 1 aliphatic rings. The third-order valence-electron chi connectivity index (χ3n) is 4.29. The van der Waals surface area contributed by atoms with Crippen molar-refractivity contribution in [1.82, 2.24) is 24.5 Å². The van der Waals surface area contributed by atoms with E-state index in [0.717, 1.165) is 34.7 Å². The van der Waals surface area contributed by atoms with Gasteiger partial charge in [0, 0.05) is 23.5 Å². The van der Waals surface area contributed by atoms with E-state index < -0.39 is 0 Å². The summed E-state index contributed by atoms with van der Waals surface area (Å²) >= 11 is 0. The number of benzene rings is 1. The van der Waals surface area contributed by atoms with Crippen LogP contribution >= 0.6 is 0 Å². The highest BCUT2D eigenvalue weighted by Crippen LogP contribution is 2.35. The van der Waals surface area contributed by atoms with Gasteiger partial charge in [-0.1, -0.05) is 23.4 Å². The van der Waals surface area contributed by atoms with Crippen molar-refractivity contribution < 1.29 is 0 Å². The largest absolute Gasteiger partial charge is 0.334 e. The molecule has 0 atom stereocenters. The van der Waals surface area contributed by atoms with Gasteiger partial charge in [0.2, 0.25) is 0 Å². The van der Waals surface area contributed by atoms with Crippen molar-refractivity contribution in [2.45, 2.75) is 6.54 Å². The molecule has 0 aliphatic carbocycles. The standard InChI is InChI=1S/C18H13N5/c1-2-6-18-15(5-1)17-8-7-16(13-4-3-9-19-10-13)22(17)12-14-11-20-21-23(14)18/h1-11H,12H2. The fourth-order valence-electron chi connectivity index (χ4n) is 3.24. The Balaban J connectivity index is 1.82. The fourth-order valence-corrected chi connectivity index (χ4v) is 3.24. The molecule has 0 unspecified atom stereocenters. The van der Waals surface area contributed by atoms with Crippen LogP contribution in [0.15, 0.2) is 67.1 Å². The maximum absolute atomic E-state index is 4.26. The lowest BCUT2D eigenvalue weighted by Gasteiger charge is -2.10. The van der Waals surface area contributed by atoms with Crippen molar-refractivity contribution >= 4 is 0 Å². The van der Waals surface area contributed by atoms with Crippen molar-refractivity contribution in [3.05, 3.63) is 72.8 Å². The summed E-state index contributed by atoms with van der Waals surface area (Å²) in [6.45, 7) is 0.730. The van der Waals surface area contributed by atoms with E-state index in [1.54, 1.807) is 6.20 Å². The molecule has 0 amide bonds. The zero-order valence-electron chi connectivity index (χ0n) is 12.3. The van der Waals surface area contributed by atoms with Gasteiger partial charge >= 0.3 is 0 Å². The Morgan fingerprint density at radius 1 is 0.870 bits per heavy atom. The SMILES string of the molecule is c1cncc(-c2ccc3n2Cc2cnnn2-c2ccccc2-3)c1. The van der Waals surface area contributed by atoms with Crippen LogP contribution < -0.4 is 0 Å². The van der Waals surface area contributed by atoms with E-state index in [2.05, 4.69) is 56.3 Å². The molecule has 0 radical (unpaired) electrons. The molecule has 1 aromatic carbocycles. The van der Waals surface area contributed by atoms with E-state index in [-0.39, 0.29) is 0 Å².